The highest BCUT2D eigenvalue weighted by atomic mass is 35.5. The Labute approximate surface area is 163 Å². The first-order valence-corrected chi connectivity index (χ1v) is 8.90. The van der Waals surface area contributed by atoms with E-state index in [0.29, 0.717) is 16.3 Å². The molecule has 2 heterocycles. The van der Waals surface area contributed by atoms with Gasteiger partial charge in [0.1, 0.15) is 0 Å². The molecule has 5 nitrogen and oxygen atoms in total. The van der Waals surface area contributed by atoms with Crippen molar-refractivity contribution in [3.8, 4) is 5.69 Å². The third kappa shape index (κ3) is 3.30. The Morgan fingerprint density at radius 1 is 1.19 bits per heavy atom. The summed E-state index contributed by atoms with van der Waals surface area (Å²) in [6.45, 7) is 7.67. The number of halogens is 1. The zero-order chi connectivity index (χ0) is 19.9. The van der Waals surface area contributed by atoms with Crippen molar-refractivity contribution in [3.63, 3.8) is 0 Å². The van der Waals surface area contributed by atoms with E-state index in [1.165, 1.54) is 7.11 Å². The van der Waals surface area contributed by atoms with E-state index in [4.69, 9.17) is 16.3 Å². The van der Waals surface area contributed by atoms with Crippen LogP contribution >= 0.6 is 11.6 Å². The predicted octanol–water partition coefficient (Wildman–Crippen LogP) is 4.02. The number of aromatic nitrogens is 1. The normalized spacial score (nSPS) is 15.5. The Balaban J connectivity index is 2.15. The molecule has 27 heavy (non-hydrogen) atoms. The molecule has 3 rings (SSSR count). The number of methoxy groups -OCH3 is 1. The molecular weight excluding hydrogens is 364 g/mol. The highest BCUT2D eigenvalue weighted by Gasteiger charge is 2.31. The van der Waals surface area contributed by atoms with Gasteiger partial charge in [0.2, 0.25) is 0 Å². The highest BCUT2D eigenvalue weighted by Crippen LogP contribution is 2.30. The van der Waals surface area contributed by atoms with E-state index >= 15 is 0 Å². The number of rotatable bonds is 3. The minimum atomic E-state index is -0.531. The van der Waals surface area contributed by atoms with Gasteiger partial charge >= 0.3 is 5.97 Å². The zero-order valence-electron chi connectivity index (χ0n) is 15.9. The van der Waals surface area contributed by atoms with Crippen molar-refractivity contribution >= 4 is 29.6 Å². The van der Waals surface area contributed by atoms with Crippen molar-refractivity contribution in [1.82, 2.24) is 9.88 Å². The van der Waals surface area contributed by atoms with Gasteiger partial charge in [-0.2, -0.15) is 0 Å². The second-order valence-corrected chi connectivity index (χ2v) is 7.03. The average Bonchev–Trinajstić information content (AvgIpc) is 3.05. The van der Waals surface area contributed by atoms with Crippen LogP contribution in [-0.2, 0) is 14.3 Å². The van der Waals surface area contributed by atoms with Crippen molar-refractivity contribution in [2.75, 3.05) is 7.11 Å². The number of hydrogen-bond acceptors (Lipinski definition) is 3. The lowest BCUT2D eigenvalue weighted by Gasteiger charge is -2.13. The van der Waals surface area contributed by atoms with Crippen LogP contribution in [0, 0.1) is 20.8 Å². The molecule has 1 aliphatic heterocycles. The van der Waals surface area contributed by atoms with Crippen LogP contribution in [0.3, 0.4) is 0 Å². The molecule has 0 radical (unpaired) electrons. The lowest BCUT2D eigenvalue weighted by molar-refractivity contribution is -0.136. The molecule has 0 bridgehead atoms. The number of nitrogens with one attached hydrogen (secondary N) is 1. The summed E-state index contributed by atoms with van der Waals surface area (Å²) in [5, 5.41) is 3.35. The molecule has 2 aromatic rings. The number of carbonyl (C=O) groups is 2. The summed E-state index contributed by atoms with van der Waals surface area (Å²) in [5.41, 5.74) is 5.96. The Morgan fingerprint density at radius 2 is 1.89 bits per heavy atom. The van der Waals surface area contributed by atoms with Gasteiger partial charge in [-0.15, -0.1) is 0 Å². The predicted molar refractivity (Wildman–Crippen MR) is 106 cm³/mol. The molecule has 1 N–H and O–H groups in total. The van der Waals surface area contributed by atoms with Crippen molar-refractivity contribution in [3.05, 3.63) is 68.6 Å². The number of esters is 1. The van der Waals surface area contributed by atoms with E-state index in [0.717, 1.165) is 28.2 Å². The maximum atomic E-state index is 12.3. The number of allylic oxidation sites excluding steroid dienone is 1. The Bertz CT molecular complexity index is 1030. The summed E-state index contributed by atoms with van der Waals surface area (Å²) in [5.74, 6) is -0.840. The average molecular weight is 385 g/mol. The van der Waals surface area contributed by atoms with Crippen LogP contribution in [-0.4, -0.2) is 23.6 Å². The van der Waals surface area contributed by atoms with E-state index in [2.05, 4.69) is 9.88 Å². The zero-order valence-corrected chi connectivity index (χ0v) is 16.7. The molecule has 0 aliphatic carbocycles. The van der Waals surface area contributed by atoms with Gasteiger partial charge in [0, 0.05) is 27.8 Å². The first kappa shape index (κ1) is 19.0. The first-order chi connectivity index (χ1) is 12.7. The molecule has 1 amide bonds. The van der Waals surface area contributed by atoms with Gasteiger partial charge < -0.3 is 14.6 Å². The molecule has 1 aliphatic rings. The van der Waals surface area contributed by atoms with Gasteiger partial charge in [-0.1, -0.05) is 17.7 Å². The Kier molecular flexibility index (Phi) is 4.98. The fourth-order valence-corrected chi connectivity index (χ4v) is 3.57. The van der Waals surface area contributed by atoms with E-state index in [-0.39, 0.29) is 11.5 Å². The summed E-state index contributed by atoms with van der Waals surface area (Å²) in [6.07, 6.45) is 1.73. The summed E-state index contributed by atoms with van der Waals surface area (Å²) in [6, 6.07) is 7.73. The number of ether oxygens (including phenoxy) is 1. The number of hydrogen-bond donors (Lipinski definition) is 1. The maximum absolute atomic E-state index is 12.3. The summed E-state index contributed by atoms with van der Waals surface area (Å²) < 4.78 is 6.92. The van der Waals surface area contributed by atoms with Gasteiger partial charge in [-0.25, -0.2) is 4.79 Å². The molecule has 0 saturated carbocycles. The molecule has 1 aromatic heterocycles. The molecular formula is C21H21ClN2O3. The molecule has 6 heteroatoms. The fraction of sp³-hybridized carbons (Fsp3) is 0.238. The second kappa shape index (κ2) is 7.08. The van der Waals surface area contributed by atoms with Crippen molar-refractivity contribution in [2.45, 2.75) is 27.7 Å². The number of nitrogens with zero attached hydrogens (tertiary/aromatic N) is 1. The molecule has 0 fully saturated rings. The van der Waals surface area contributed by atoms with Crippen LogP contribution in [0.2, 0.25) is 5.02 Å². The van der Waals surface area contributed by atoms with Crippen LogP contribution in [0.15, 0.2) is 41.1 Å². The van der Waals surface area contributed by atoms with Gasteiger partial charge in [-0.3, -0.25) is 4.79 Å². The maximum Gasteiger partial charge on any atom is 0.340 e. The van der Waals surface area contributed by atoms with Crippen molar-refractivity contribution in [1.29, 1.82) is 0 Å². The molecule has 0 unspecified atom stereocenters. The Morgan fingerprint density at radius 3 is 2.56 bits per heavy atom. The van der Waals surface area contributed by atoms with Crippen LogP contribution in [0.25, 0.3) is 11.8 Å². The van der Waals surface area contributed by atoms with Crippen LogP contribution < -0.4 is 5.32 Å². The monoisotopic (exact) mass is 384 g/mol. The summed E-state index contributed by atoms with van der Waals surface area (Å²) in [7, 11) is 1.30. The molecule has 0 atom stereocenters. The van der Waals surface area contributed by atoms with Crippen LogP contribution in [0.5, 0.6) is 0 Å². The lowest BCUT2D eigenvalue weighted by atomic mass is 10.0. The number of amides is 1. The van der Waals surface area contributed by atoms with Gasteiger partial charge in [-0.05, 0) is 63.1 Å². The Hall–Kier alpha value is -2.79. The largest absolute Gasteiger partial charge is 0.465 e. The summed E-state index contributed by atoms with van der Waals surface area (Å²) >= 11 is 6.19. The van der Waals surface area contributed by atoms with Gasteiger partial charge in [0.15, 0.2) is 0 Å². The molecule has 140 valence electrons. The van der Waals surface area contributed by atoms with Crippen molar-refractivity contribution in [2.24, 2.45) is 0 Å². The van der Waals surface area contributed by atoms with E-state index in [9.17, 15) is 9.59 Å². The topological polar surface area (TPSA) is 60.3 Å². The van der Waals surface area contributed by atoms with Crippen LogP contribution in [0.4, 0.5) is 0 Å². The minimum Gasteiger partial charge on any atom is -0.465 e. The van der Waals surface area contributed by atoms with E-state index < -0.39 is 5.97 Å². The highest BCUT2D eigenvalue weighted by molar-refractivity contribution is 6.30. The van der Waals surface area contributed by atoms with E-state index in [1.54, 1.807) is 13.0 Å². The quantitative estimate of drug-likeness (QED) is 0.642. The molecule has 1 aromatic carbocycles. The van der Waals surface area contributed by atoms with E-state index in [1.807, 2.05) is 45.0 Å². The fourth-order valence-electron chi connectivity index (χ4n) is 3.40. The first-order valence-electron chi connectivity index (χ1n) is 8.52. The number of aryl methyl sites for hydroxylation is 2. The van der Waals surface area contributed by atoms with Gasteiger partial charge in [0.05, 0.1) is 18.3 Å². The summed E-state index contributed by atoms with van der Waals surface area (Å²) in [4.78, 5) is 24.4. The van der Waals surface area contributed by atoms with Crippen LogP contribution in [0.1, 0.15) is 29.4 Å². The standard InChI is InChI=1S/C21H21ClN2O3/c1-11-6-7-16(22)10-18(11)24-12(2)8-15(14(24)4)9-17-19(21(26)27-5)13(3)23-20(17)25/h6-10H,1-5H3,(H,23,25). The third-order valence-corrected chi connectivity index (χ3v) is 5.00. The third-order valence-electron chi connectivity index (χ3n) is 4.76. The van der Waals surface area contributed by atoms with Gasteiger partial charge in [0.25, 0.3) is 5.91 Å². The van der Waals surface area contributed by atoms with Crippen molar-refractivity contribution < 1.29 is 14.3 Å². The smallest absolute Gasteiger partial charge is 0.340 e. The lowest BCUT2D eigenvalue weighted by Crippen LogP contribution is -2.15. The number of carbonyl (C=O) groups excluding carboxylic acids is 2. The molecule has 0 saturated heterocycles. The minimum absolute atomic E-state index is 0.270. The second-order valence-electron chi connectivity index (χ2n) is 6.60. The number of benzene rings is 1. The SMILES string of the molecule is COC(=O)C1=C(C)NC(=O)C1=Cc1cc(C)n(-c2cc(Cl)ccc2C)c1C. The molecule has 0 spiro atoms.